The van der Waals surface area contributed by atoms with E-state index >= 15 is 0 Å². The fourth-order valence-corrected chi connectivity index (χ4v) is 7.04. The van der Waals surface area contributed by atoms with Gasteiger partial charge in [-0.1, -0.05) is 84.2 Å². The van der Waals surface area contributed by atoms with Crippen molar-refractivity contribution in [3.05, 3.63) is 35.9 Å². The maximum Gasteiger partial charge on any atom is 0.243 e. The van der Waals surface area contributed by atoms with E-state index in [-0.39, 0.29) is 38.1 Å². The summed E-state index contributed by atoms with van der Waals surface area (Å²) in [6.07, 6.45) is 1.58. The Balaban J connectivity index is 3.36. The number of nitrogens with two attached hydrogens (primary N) is 3. The summed E-state index contributed by atoms with van der Waals surface area (Å²) in [7, 11) is 0. The number of amides is 9. The number of hydrogen-bond acceptors (Lipinski definition) is 14. The van der Waals surface area contributed by atoms with E-state index in [1.165, 1.54) is 11.8 Å². The molecule has 0 heterocycles. The number of carbonyl (C=O) groups is 11. The standard InChI is InChI=1S/C46H75N11O11S/c1-7-9-13-20-57(26-39(62)52-33(22-27(3)4)43(65)50-25-37(49)60)46(68)29(6)55-56-34(24-36(48)59)45(67)53-31(18-19-35(47)58)44(66)54-40(28(5)8-2)42(64)41(63)32(51-38(61)17-14-21-69)23-30-15-11-10-12-16-30/h10-12,15-16,27-29,31-34,40,55-56,69H,7-9,13-14,17-26H2,1-6H3,(H2,47,58)(H2,48,59)(H2,49,60)(H,50,65)(H,51,61)(H,52,62)(H,53,67)(H,54,66)/t28-,29-,31-,32-,33-,34-,40?/m0/s1. The topological polar surface area (TPSA) is 353 Å². The molecule has 0 saturated heterocycles. The Hall–Kier alpha value is -5.94. The average molecular weight is 990 g/mol. The van der Waals surface area contributed by atoms with Gasteiger partial charge in [-0.15, -0.1) is 0 Å². The molecule has 1 unspecified atom stereocenters. The molecule has 1 aromatic carbocycles. The molecule has 0 fully saturated rings. The number of unbranched alkanes of at least 4 members (excludes halogenated alkanes) is 2. The van der Waals surface area contributed by atoms with E-state index in [1.807, 2.05) is 20.8 Å². The minimum Gasteiger partial charge on any atom is -0.370 e. The van der Waals surface area contributed by atoms with E-state index in [9.17, 15) is 52.7 Å². The summed E-state index contributed by atoms with van der Waals surface area (Å²) in [5.41, 5.74) is 22.0. The Morgan fingerprint density at radius 2 is 1.29 bits per heavy atom. The van der Waals surface area contributed by atoms with Crippen LogP contribution in [0.1, 0.15) is 111 Å². The molecular formula is C46H75N11O11S. The number of rotatable bonds is 36. The number of ketones is 2. The lowest BCUT2D eigenvalue weighted by Gasteiger charge is -2.29. The molecule has 1 aromatic rings. The van der Waals surface area contributed by atoms with Crippen molar-refractivity contribution in [1.82, 2.24) is 42.3 Å². The van der Waals surface area contributed by atoms with Crippen molar-refractivity contribution in [1.29, 1.82) is 0 Å². The molecular weight excluding hydrogens is 915 g/mol. The first-order valence-corrected chi connectivity index (χ1v) is 24.0. The van der Waals surface area contributed by atoms with Crippen LogP contribution in [0.25, 0.3) is 0 Å². The highest BCUT2D eigenvalue weighted by Gasteiger charge is 2.38. The lowest BCUT2D eigenvalue weighted by atomic mass is 9.89. The smallest absolute Gasteiger partial charge is 0.243 e. The van der Waals surface area contributed by atoms with Gasteiger partial charge in [0.1, 0.15) is 18.1 Å². The Morgan fingerprint density at radius 1 is 0.652 bits per heavy atom. The van der Waals surface area contributed by atoms with Crippen LogP contribution in [-0.2, 0) is 59.2 Å². The number of benzene rings is 1. The van der Waals surface area contributed by atoms with Gasteiger partial charge in [0.15, 0.2) is 0 Å². The van der Waals surface area contributed by atoms with E-state index in [1.54, 1.807) is 44.2 Å². The van der Waals surface area contributed by atoms with Crippen LogP contribution in [0.5, 0.6) is 0 Å². The third-order valence-electron chi connectivity index (χ3n) is 10.9. The maximum absolute atomic E-state index is 14.0. The van der Waals surface area contributed by atoms with Crippen molar-refractivity contribution in [3.8, 4) is 0 Å². The molecule has 0 aliphatic carbocycles. The van der Waals surface area contributed by atoms with Gasteiger partial charge in [0.25, 0.3) is 0 Å². The van der Waals surface area contributed by atoms with Gasteiger partial charge in [-0.25, -0.2) is 10.9 Å². The normalized spacial score (nSPS) is 14.1. The quantitative estimate of drug-likeness (QED) is 0.0162. The summed E-state index contributed by atoms with van der Waals surface area (Å²) in [4.78, 5) is 145. The monoisotopic (exact) mass is 990 g/mol. The van der Waals surface area contributed by atoms with Gasteiger partial charge in [-0.05, 0) is 55.8 Å². The number of Topliss-reactive ketones (excluding diaryl/α,β-unsaturated/α-hetero) is 2. The van der Waals surface area contributed by atoms with Crippen molar-refractivity contribution in [2.24, 2.45) is 29.0 Å². The number of carbonyl (C=O) groups excluding carboxylic acids is 11. The molecule has 69 heavy (non-hydrogen) atoms. The molecule has 0 bridgehead atoms. The summed E-state index contributed by atoms with van der Waals surface area (Å²) < 4.78 is 0. The summed E-state index contributed by atoms with van der Waals surface area (Å²) in [6.45, 7) is 9.64. The van der Waals surface area contributed by atoms with Gasteiger partial charge in [-0.2, -0.15) is 12.6 Å². The highest BCUT2D eigenvalue weighted by Crippen LogP contribution is 2.15. The number of nitrogens with one attached hydrogen (secondary N) is 7. The van der Waals surface area contributed by atoms with Crippen LogP contribution in [0.3, 0.4) is 0 Å². The van der Waals surface area contributed by atoms with Crippen LogP contribution in [0.2, 0.25) is 0 Å². The molecule has 9 amide bonds. The zero-order valence-corrected chi connectivity index (χ0v) is 41.6. The lowest BCUT2D eigenvalue weighted by Crippen LogP contribution is -2.61. The van der Waals surface area contributed by atoms with Crippen LogP contribution in [0.15, 0.2) is 30.3 Å². The highest BCUT2D eigenvalue weighted by molar-refractivity contribution is 7.80. The van der Waals surface area contributed by atoms with Gasteiger partial charge >= 0.3 is 0 Å². The van der Waals surface area contributed by atoms with E-state index in [4.69, 9.17) is 17.2 Å². The molecule has 22 nitrogen and oxygen atoms in total. The minimum atomic E-state index is -1.55. The van der Waals surface area contributed by atoms with Gasteiger partial charge in [-0.3, -0.25) is 52.7 Å². The third-order valence-corrected chi connectivity index (χ3v) is 11.2. The summed E-state index contributed by atoms with van der Waals surface area (Å²) in [5.74, 6) is -9.12. The molecule has 0 spiro atoms. The van der Waals surface area contributed by atoms with E-state index < -0.39 is 133 Å². The largest absolute Gasteiger partial charge is 0.370 e. The number of hydrazine groups is 1. The molecule has 0 saturated carbocycles. The number of hydrogen-bond donors (Lipinski definition) is 11. The Kier molecular flexibility index (Phi) is 29.0. The zero-order chi connectivity index (χ0) is 52.2. The summed E-state index contributed by atoms with van der Waals surface area (Å²) >= 11 is 4.14. The second-order valence-electron chi connectivity index (χ2n) is 17.4. The van der Waals surface area contributed by atoms with Crippen molar-refractivity contribution < 1.29 is 52.7 Å². The van der Waals surface area contributed by atoms with Gasteiger partial charge in [0, 0.05) is 25.8 Å². The first-order chi connectivity index (χ1) is 32.5. The van der Waals surface area contributed by atoms with E-state index in [0.717, 1.165) is 12.8 Å². The Labute approximate surface area is 410 Å². The van der Waals surface area contributed by atoms with Crippen LogP contribution in [0, 0.1) is 11.8 Å². The van der Waals surface area contributed by atoms with Crippen LogP contribution in [-0.4, -0.2) is 131 Å². The summed E-state index contributed by atoms with van der Waals surface area (Å²) in [5, 5.41) is 12.7. The van der Waals surface area contributed by atoms with Crippen molar-refractivity contribution in [2.45, 2.75) is 148 Å². The van der Waals surface area contributed by atoms with Gasteiger partial charge in [0.05, 0.1) is 37.6 Å². The fraction of sp³-hybridized carbons (Fsp3) is 0.630. The molecule has 0 aliphatic rings. The zero-order valence-electron chi connectivity index (χ0n) is 40.7. The summed E-state index contributed by atoms with van der Waals surface area (Å²) in [6, 6.07) is 0.725. The second-order valence-corrected chi connectivity index (χ2v) is 17.9. The number of primary amides is 3. The number of thiol groups is 1. The first kappa shape index (κ1) is 61.1. The molecule has 0 aliphatic heterocycles. The van der Waals surface area contributed by atoms with Gasteiger partial charge in [0.2, 0.25) is 64.7 Å². The molecule has 13 N–H and O–H groups in total. The third kappa shape index (κ3) is 24.3. The molecule has 1 rings (SSSR count). The lowest BCUT2D eigenvalue weighted by molar-refractivity contribution is -0.142. The number of nitrogens with zero attached hydrogens (tertiary/aromatic N) is 1. The Bertz CT molecular complexity index is 1910. The van der Waals surface area contributed by atoms with Crippen molar-refractivity contribution in [3.63, 3.8) is 0 Å². The van der Waals surface area contributed by atoms with Crippen molar-refractivity contribution >= 4 is 77.4 Å². The van der Waals surface area contributed by atoms with Crippen LogP contribution < -0.4 is 54.6 Å². The predicted molar refractivity (Wildman–Crippen MR) is 260 cm³/mol. The van der Waals surface area contributed by atoms with Crippen molar-refractivity contribution in [2.75, 3.05) is 25.4 Å². The molecule has 7 atom stereocenters. The highest BCUT2D eigenvalue weighted by atomic mass is 32.1. The maximum atomic E-state index is 14.0. The molecule has 386 valence electrons. The van der Waals surface area contributed by atoms with Crippen LogP contribution in [0.4, 0.5) is 0 Å². The Morgan fingerprint density at radius 3 is 1.86 bits per heavy atom. The van der Waals surface area contributed by atoms with Gasteiger partial charge < -0.3 is 48.7 Å². The fourth-order valence-electron chi connectivity index (χ4n) is 6.88. The van der Waals surface area contributed by atoms with E-state index in [0.29, 0.717) is 30.6 Å². The van der Waals surface area contributed by atoms with E-state index in [2.05, 4.69) is 50.1 Å². The minimum absolute atomic E-state index is 0.0189. The molecule has 0 aromatic heterocycles. The average Bonchev–Trinajstić information content (AvgIpc) is 3.29. The van der Waals surface area contributed by atoms with Crippen LogP contribution >= 0.6 is 12.6 Å². The molecule has 23 heteroatoms. The second kappa shape index (κ2) is 32.7. The molecule has 0 radical (unpaired) electrons. The first-order valence-electron chi connectivity index (χ1n) is 23.4. The predicted octanol–water partition coefficient (Wildman–Crippen LogP) is -1.28. The SMILES string of the molecule is CCCCCN(CC(=O)N[C@@H](CC(C)C)C(=O)NCC(N)=O)C(=O)[C@H](C)NN[C@@H](CC(N)=O)C(=O)N[C@@H](CCC(N)=O)C(=O)NC(C(=O)C(=O)[C@H](Cc1ccccc1)NC(=O)CCCS)[C@@H](C)CC.